The Morgan fingerprint density at radius 3 is 2.65 bits per heavy atom. The molecule has 2 unspecified atom stereocenters. The number of hydrogen-bond acceptors (Lipinski definition) is 3. The van der Waals surface area contributed by atoms with E-state index in [4.69, 9.17) is 0 Å². The molecule has 0 aliphatic rings. The summed E-state index contributed by atoms with van der Waals surface area (Å²) in [6, 6.07) is 5.05. The van der Waals surface area contributed by atoms with Crippen molar-refractivity contribution in [2.45, 2.75) is 33.7 Å². The molecule has 2 atom stereocenters. The smallest absolute Gasteiger partial charge is 0.310 e. The van der Waals surface area contributed by atoms with Crippen LogP contribution < -0.4 is 10.6 Å². The van der Waals surface area contributed by atoms with Crippen LogP contribution in [0.2, 0.25) is 0 Å². The minimum absolute atomic E-state index is 0.115. The number of aryl methyl sites for hydroxylation is 1. The number of hydrogen-bond donors (Lipinski definition) is 2. The third-order valence-electron chi connectivity index (χ3n) is 3.52. The molecule has 1 aromatic rings. The molecule has 0 saturated carbocycles. The van der Waals surface area contributed by atoms with Crippen LogP contribution in [0.25, 0.3) is 0 Å². The molecular formula is C17H26FN3O2. The summed E-state index contributed by atoms with van der Waals surface area (Å²) >= 11 is 0. The van der Waals surface area contributed by atoms with Crippen molar-refractivity contribution in [1.82, 2.24) is 10.6 Å². The van der Waals surface area contributed by atoms with Gasteiger partial charge in [-0.25, -0.2) is 4.39 Å². The van der Waals surface area contributed by atoms with Gasteiger partial charge in [-0.3, -0.25) is 9.79 Å². The lowest BCUT2D eigenvalue weighted by molar-refractivity contribution is -0.144. The molecule has 0 bridgehead atoms. The predicted octanol–water partition coefficient (Wildman–Crippen LogP) is 2.56. The van der Waals surface area contributed by atoms with Gasteiger partial charge in [0.2, 0.25) is 0 Å². The van der Waals surface area contributed by atoms with Gasteiger partial charge < -0.3 is 15.4 Å². The average molecular weight is 323 g/mol. The normalized spacial score (nSPS) is 14.1. The van der Waals surface area contributed by atoms with Gasteiger partial charge in [-0.1, -0.05) is 19.1 Å². The molecule has 23 heavy (non-hydrogen) atoms. The van der Waals surface area contributed by atoms with Gasteiger partial charge in [0.15, 0.2) is 5.96 Å². The molecule has 0 aromatic heterocycles. The van der Waals surface area contributed by atoms with E-state index in [-0.39, 0.29) is 23.7 Å². The van der Waals surface area contributed by atoms with Gasteiger partial charge in [-0.15, -0.1) is 0 Å². The molecule has 1 aromatic carbocycles. The first kappa shape index (κ1) is 18.9. The number of methoxy groups -OCH3 is 1. The van der Waals surface area contributed by atoms with Gasteiger partial charge in [0.1, 0.15) is 5.82 Å². The lowest BCUT2D eigenvalue weighted by atomic mass is 10.1. The van der Waals surface area contributed by atoms with Gasteiger partial charge in [0.05, 0.1) is 25.6 Å². The molecular weight excluding hydrogens is 297 g/mol. The van der Waals surface area contributed by atoms with Gasteiger partial charge in [0.25, 0.3) is 0 Å². The van der Waals surface area contributed by atoms with E-state index in [1.54, 1.807) is 19.9 Å². The summed E-state index contributed by atoms with van der Waals surface area (Å²) in [7, 11) is 1.36. The number of carbonyl (C=O) groups excluding carboxylic acids is 1. The molecule has 0 aliphatic carbocycles. The number of carbonyl (C=O) groups is 1. The minimum atomic E-state index is -0.317. The summed E-state index contributed by atoms with van der Waals surface area (Å²) in [5, 5.41) is 6.33. The largest absolute Gasteiger partial charge is 0.469 e. The van der Waals surface area contributed by atoms with Crippen molar-refractivity contribution in [3.05, 3.63) is 35.1 Å². The van der Waals surface area contributed by atoms with Gasteiger partial charge in [-0.05, 0) is 38.0 Å². The number of halogens is 1. The van der Waals surface area contributed by atoms with Crippen LogP contribution in [0.1, 0.15) is 37.9 Å². The SMILES string of the molecule is CCNC(=NCC(C)C(=O)OC)NC(C)c1ccc(C)c(F)c1. The van der Waals surface area contributed by atoms with Gasteiger partial charge in [0, 0.05) is 6.54 Å². The van der Waals surface area contributed by atoms with Gasteiger partial charge >= 0.3 is 5.97 Å². The number of esters is 1. The number of aliphatic imine (C=N–C) groups is 1. The van der Waals surface area contributed by atoms with Crippen molar-refractivity contribution in [2.75, 3.05) is 20.2 Å². The second kappa shape index (κ2) is 9.12. The third-order valence-corrected chi connectivity index (χ3v) is 3.52. The summed E-state index contributed by atoms with van der Waals surface area (Å²) < 4.78 is 18.4. The van der Waals surface area contributed by atoms with Crippen molar-refractivity contribution >= 4 is 11.9 Å². The van der Waals surface area contributed by atoms with Crippen LogP contribution in [0.4, 0.5) is 4.39 Å². The highest BCUT2D eigenvalue weighted by Crippen LogP contribution is 2.16. The van der Waals surface area contributed by atoms with Crippen LogP contribution in [-0.4, -0.2) is 32.1 Å². The van der Waals surface area contributed by atoms with Crippen molar-refractivity contribution in [2.24, 2.45) is 10.9 Å². The van der Waals surface area contributed by atoms with Crippen LogP contribution in [0, 0.1) is 18.7 Å². The molecule has 5 nitrogen and oxygen atoms in total. The molecule has 6 heteroatoms. The molecule has 2 N–H and O–H groups in total. The van der Waals surface area contributed by atoms with E-state index in [2.05, 4.69) is 20.4 Å². The molecule has 0 amide bonds. The van der Waals surface area contributed by atoms with E-state index in [9.17, 15) is 9.18 Å². The Bertz CT molecular complexity index is 561. The first-order chi connectivity index (χ1) is 10.9. The van der Waals surface area contributed by atoms with E-state index in [0.717, 1.165) is 5.56 Å². The zero-order valence-corrected chi connectivity index (χ0v) is 14.4. The van der Waals surface area contributed by atoms with E-state index >= 15 is 0 Å². The fraction of sp³-hybridized carbons (Fsp3) is 0.529. The molecule has 0 aliphatic heterocycles. The Labute approximate surface area is 137 Å². The van der Waals surface area contributed by atoms with Crippen molar-refractivity contribution < 1.29 is 13.9 Å². The molecule has 0 fully saturated rings. The maximum Gasteiger partial charge on any atom is 0.310 e. The maximum atomic E-state index is 13.7. The Balaban J connectivity index is 2.77. The van der Waals surface area contributed by atoms with Crippen LogP contribution >= 0.6 is 0 Å². The number of benzene rings is 1. The highest BCUT2D eigenvalue weighted by atomic mass is 19.1. The van der Waals surface area contributed by atoms with E-state index in [1.165, 1.54) is 13.2 Å². The topological polar surface area (TPSA) is 62.7 Å². The summed E-state index contributed by atoms with van der Waals surface area (Å²) in [4.78, 5) is 15.8. The van der Waals surface area contributed by atoms with Gasteiger partial charge in [-0.2, -0.15) is 0 Å². The fourth-order valence-corrected chi connectivity index (χ4v) is 1.99. The lowest BCUT2D eigenvalue weighted by Gasteiger charge is -2.19. The lowest BCUT2D eigenvalue weighted by Crippen LogP contribution is -2.39. The van der Waals surface area contributed by atoms with Crippen molar-refractivity contribution in [3.8, 4) is 0 Å². The number of ether oxygens (including phenoxy) is 1. The number of nitrogens with zero attached hydrogens (tertiary/aromatic N) is 1. The minimum Gasteiger partial charge on any atom is -0.469 e. The monoisotopic (exact) mass is 323 g/mol. The molecule has 0 saturated heterocycles. The summed E-state index contributed by atoms with van der Waals surface area (Å²) in [6.07, 6.45) is 0. The van der Waals surface area contributed by atoms with Crippen molar-refractivity contribution in [3.63, 3.8) is 0 Å². The highest BCUT2D eigenvalue weighted by molar-refractivity contribution is 5.80. The zero-order chi connectivity index (χ0) is 17.4. The highest BCUT2D eigenvalue weighted by Gasteiger charge is 2.14. The fourth-order valence-electron chi connectivity index (χ4n) is 1.99. The summed E-state index contributed by atoms with van der Waals surface area (Å²) in [6.45, 7) is 8.39. The number of guanidine groups is 1. The van der Waals surface area contributed by atoms with E-state index < -0.39 is 0 Å². The standard InChI is InChI=1S/C17H26FN3O2/c1-6-19-17(20-10-12(3)16(22)23-5)21-13(4)14-8-7-11(2)15(18)9-14/h7-9,12-13H,6,10H2,1-5H3,(H2,19,20,21). The first-order valence-corrected chi connectivity index (χ1v) is 7.77. The Kier molecular flexibility index (Phi) is 7.51. The van der Waals surface area contributed by atoms with E-state index in [0.29, 0.717) is 24.6 Å². The van der Waals surface area contributed by atoms with Crippen LogP contribution in [0.15, 0.2) is 23.2 Å². The molecule has 0 radical (unpaired) electrons. The third kappa shape index (κ3) is 5.88. The number of nitrogens with one attached hydrogen (secondary N) is 2. The second-order valence-corrected chi connectivity index (χ2v) is 5.52. The molecule has 1 rings (SSSR count). The predicted molar refractivity (Wildman–Crippen MR) is 89.8 cm³/mol. The molecule has 128 valence electrons. The quantitative estimate of drug-likeness (QED) is 0.480. The Morgan fingerprint density at radius 1 is 1.39 bits per heavy atom. The van der Waals surface area contributed by atoms with Crippen LogP contribution in [-0.2, 0) is 9.53 Å². The maximum absolute atomic E-state index is 13.7. The average Bonchev–Trinajstić information content (AvgIpc) is 2.54. The van der Waals surface area contributed by atoms with Crippen LogP contribution in [0.3, 0.4) is 0 Å². The first-order valence-electron chi connectivity index (χ1n) is 7.77. The Hall–Kier alpha value is -2.11. The van der Waals surface area contributed by atoms with Crippen LogP contribution in [0.5, 0.6) is 0 Å². The van der Waals surface area contributed by atoms with Crippen molar-refractivity contribution in [1.29, 1.82) is 0 Å². The number of rotatable bonds is 6. The second-order valence-electron chi connectivity index (χ2n) is 5.52. The summed E-state index contributed by atoms with van der Waals surface area (Å²) in [5.74, 6) is -0.255. The zero-order valence-electron chi connectivity index (χ0n) is 14.4. The van der Waals surface area contributed by atoms with E-state index in [1.807, 2.05) is 19.9 Å². The summed E-state index contributed by atoms with van der Waals surface area (Å²) in [5.41, 5.74) is 1.45. The molecule has 0 heterocycles. The Morgan fingerprint density at radius 2 is 2.09 bits per heavy atom. The molecule has 0 spiro atoms.